The number of nitrogens with zero attached hydrogens (tertiary/aromatic N) is 1. The molecule has 1 rings (SSSR count). The molecular weight excluding hydrogens is 323 g/mol. The molecule has 0 aliphatic carbocycles. The van der Waals surface area contributed by atoms with E-state index >= 15 is 0 Å². The van der Waals surface area contributed by atoms with Gasteiger partial charge in [-0.05, 0) is 37.3 Å². The molecule has 0 aromatic heterocycles. The number of hydrogen-bond acceptors (Lipinski definition) is 5. The predicted molar refractivity (Wildman–Crippen MR) is 82.9 cm³/mol. The lowest BCUT2D eigenvalue weighted by molar-refractivity contribution is -0.385. The highest BCUT2D eigenvalue weighted by molar-refractivity contribution is 8.09. The Hall–Kier alpha value is -0.720. The van der Waals surface area contributed by atoms with E-state index in [0.717, 1.165) is 6.42 Å². The van der Waals surface area contributed by atoms with Crippen LogP contribution in [0.3, 0.4) is 0 Å². The van der Waals surface area contributed by atoms with Gasteiger partial charge in [0.15, 0.2) is 0 Å². The fourth-order valence-corrected chi connectivity index (χ4v) is 3.63. The van der Waals surface area contributed by atoms with E-state index < -0.39 is 11.6 Å². The predicted octanol–water partition coefficient (Wildman–Crippen LogP) is 3.89. The van der Waals surface area contributed by atoms with Crippen LogP contribution in [0.1, 0.15) is 20.3 Å². The van der Waals surface area contributed by atoms with Crippen molar-refractivity contribution in [1.82, 2.24) is 5.09 Å². The second-order valence-corrected chi connectivity index (χ2v) is 7.76. The average Bonchev–Trinajstić information content (AvgIpc) is 2.40. The minimum absolute atomic E-state index is 0.0420. The molecule has 0 radical (unpaired) electrons. The standard InChI is InChI=1S/C11H16ClN2O4PS/c1-4-8(2)13-19(20,17-3)18-11-6-5-9(12)7-10(11)14(15)16/h5-8H,4H2,1-3H3,(H,13,20). The van der Waals surface area contributed by atoms with Crippen LogP contribution in [0, 0.1) is 10.1 Å². The van der Waals surface area contributed by atoms with Gasteiger partial charge in [-0.2, -0.15) is 0 Å². The van der Waals surface area contributed by atoms with Crippen molar-refractivity contribution in [3.05, 3.63) is 33.3 Å². The molecule has 0 bridgehead atoms. The lowest BCUT2D eigenvalue weighted by Gasteiger charge is -2.24. The van der Waals surface area contributed by atoms with Crippen molar-refractivity contribution in [3.8, 4) is 5.75 Å². The third kappa shape index (κ3) is 4.68. The van der Waals surface area contributed by atoms with Crippen LogP contribution < -0.4 is 9.61 Å². The molecule has 1 aromatic rings. The van der Waals surface area contributed by atoms with Gasteiger partial charge in [0, 0.05) is 24.2 Å². The normalized spacial score (nSPS) is 15.4. The minimum atomic E-state index is -2.84. The molecule has 9 heteroatoms. The SMILES string of the molecule is CCC(C)NP(=S)(OC)Oc1ccc(Cl)cc1[N+](=O)[O-]. The van der Waals surface area contributed by atoms with E-state index in [9.17, 15) is 10.1 Å². The van der Waals surface area contributed by atoms with Gasteiger partial charge in [-0.15, -0.1) is 0 Å². The van der Waals surface area contributed by atoms with Crippen molar-refractivity contribution < 1.29 is 14.0 Å². The summed E-state index contributed by atoms with van der Waals surface area (Å²) >= 11 is 11.1. The fraction of sp³-hybridized carbons (Fsp3) is 0.455. The fourth-order valence-electron chi connectivity index (χ4n) is 1.32. The zero-order valence-corrected chi connectivity index (χ0v) is 13.8. The van der Waals surface area contributed by atoms with Crippen molar-refractivity contribution in [3.63, 3.8) is 0 Å². The molecule has 2 unspecified atom stereocenters. The first-order valence-electron chi connectivity index (χ1n) is 5.88. The third-order valence-corrected chi connectivity index (χ3v) is 5.46. The number of benzene rings is 1. The van der Waals surface area contributed by atoms with Gasteiger partial charge >= 0.3 is 12.3 Å². The summed E-state index contributed by atoms with van der Waals surface area (Å²) in [5.74, 6) is 0.0420. The molecule has 0 saturated carbocycles. The monoisotopic (exact) mass is 338 g/mol. The maximum Gasteiger partial charge on any atom is 0.313 e. The number of nitro groups is 1. The molecule has 20 heavy (non-hydrogen) atoms. The molecule has 0 saturated heterocycles. The van der Waals surface area contributed by atoms with Crippen LogP contribution in [0.15, 0.2) is 18.2 Å². The number of halogens is 1. The zero-order valence-electron chi connectivity index (χ0n) is 11.3. The summed E-state index contributed by atoms with van der Waals surface area (Å²) in [5.41, 5.74) is -0.241. The lowest BCUT2D eigenvalue weighted by atomic mass is 10.3. The first-order chi connectivity index (χ1) is 9.31. The quantitative estimate of drug-likeness (QED) is 0.462. The maximum atomic E-state index is 11.0. The van der Waals surface area contributed by atoms with Crippen molar-refractivity contribution in [2.45, 2.75) is 26.3 Å². The van der Waals surface area contributed by atoms with Gasteiger partial charge in [-0.3, -0.25) is 10.1 Å². The number of rotatable bonds is 7. The topological polar surface area (TPSA) is 73.6 Å². The van der Waals surface area contributed by atoms with E-state index in [4.69, 9.17) is 32.5 Å². The summed E-state index contributed by atoms with van der Waals surface area (Å²) in [6, 6.07) is 4.21. The van der Waals surface area contributed by atoms with E-state index in [0.29, 0.717) is 0 Å². The zero-order chi connectivity index (χ0) is 15.3. The molecular formula is C11H16ClN2O4PS. The summed E-state index contributed by atoms with van der Waals surface area (Å²) in [6.07, 6.45) is 0.827. The van der Waals surface area contributed by atoms with Gasteiger partial charge in [0.05, 0.1) is 4.92 Å². The molecule has 0 aliphatic rings. The van der Waals surface area contributed by atoms with Crippen molar-refractivity contribution >= 4 is 35.7 Å². The van der Waals surface area contributed by atoms with Crippen LogP contribution in [0.4, 0.5) is 5.69 Å². The number of nitro benzene ring substituents is 1. The Morgan fingerprint density at radius 1 is 1.60 bits per heavy atom. The van der Waals surface area contributed by atoms with Gasteiger partial charge in [-0.25, -0.2) is 5.09 Å². The molecule has 0 heterocycles. The first kappa shape index (κ1) is 17.3. The van der Waals surface area contributed by atoms with Crippen LogP contribution in [-0.4, -0.2) is 18.1 Å². The van der Waals surface area contributed by atoms with Gasteiger partial charge in [-0.1, -0.05) is 18.5 Å². The highest BCUT2D eigenvalue weighted by atomic mass is 35.5. The first-order valence-corrected chi connectivity index (χ1v) is 8.90. The van der Waals surface area contributed by atoms with Gasteiger partial charge in [0.2, 0.25) is 5.75 Å². The molecule has 2 atom stereocenters. The highest BCUT2D eigenvalue weighted by Crippen LogP contribution is 2.47. The van der Waals surface area contributed by atoms with E-state index in [1.165, 1.54) is 25.3 Å². The summed E-state index contributed by atoms with van der Waals surface area (Å²) in [4.78, 5) is 10.4. The van der Waals surface area contributed by atoms with Crippen LogP contribution in [-0.2, 0) is 16.3 Å². The van der Waals surface area contributed by atoms with E-state index in [2.05, 4.69) is 5.09 Å². The van der Waals surface area contributed by atoms with E-state index in [-0.39, 0.29) is 22.5 Å². The van der Waals surface area contributed by atoms with Crippen LogP contribution in [0.25, 0.3) is 0 Å². The Labute approximate surface area is 127 Å². The van der Waals surface area contributed by atoms with E-state index in [1.807, 2.05) is 13.8 Å². The van der Waals surface area contributed by atoms with E-state index in [1.54, 1.807) is 0 Å². The molecule has 6 nitrogen and oxygen atoms in total. The summed E-state index contributed by atoms with van der Waals surface area (Å²) in [6.45, 7) is 1.07. The Morgan fingerprint density at radius 2 is 2.25 bits per heavy atom. The van der Waals surface area contributed by atoms with Crippen molar-refractivity contribution in [2.75, 3.05) is 7.11 Å². The Balaban J connectivity index is 3.07. The summed E-state index contributed by atoms with van der Waals surface area (Å²) in [5, 5.41) is 14.3. The molecule has 1 N–H and O–H groups in total. The third-order valence-electron chi connectivity index (χ3n) is 2.57. The van der Waals surface area contributed by atoms with Crippen molar-refractivity contribution in [1.29, 1.82) is 0 Å². The smallest absolute Gasteiger partial charge is 0.313 e. The van der Waals surface area contributed by atoms with Crippen LogP contribution >= 0.6 is 18.2 Å². The van der Waals surface area contributed by atoms with Crippen LogP contribution in [0.5, 0.6) is 5.75 Å². The lowest BCUT2D eigenvalue weighted by Crippen LogP contribution is -2.25. The average molecular weight is 339 g/mol. The minimum Gasteiger partial charge on any atom is -0.425 e. The molecule has 0 amide bonds. The van der Waals surface area contributed by atoms with Gasteiger partial charge < -0.3 is 9.05 Å². The Morgan fingerprint density at radius 3 is 2.75 bits per heavy atom. The second kappa shape index (κ2) is 7.33. The van der Waals surface area contributed by atoms with Gasteiger partial charge in [0.1, 0.15) is 0 Å². The molecule has 0 fully saturated rings. The molecule has 112 valence electrons. The Kier molecular flexibility index (Phi) is 6.36. The second-order valence-electron chi connectivity index (χ2n) is 4.08. The Bertz CT molecular complexity index is 543. The molecule has 0 spiro atoms. The number of nitrogens with one attached hydrogen (secondary N) is 1. The maximum absolute atomic E-state index is 11.0. The van der Waals surface area contributed by atoms with Crippen LogP contribution in [0.2, 0.25) is 5.02 Å². The van der Waals surface area contributed by atoms with Crippen molar-refractivity contribution in [2.24, 2.45) is 0 Å². The molecule has 1 aromatic carbocycles. The summed E-state index contributed by atoms with van der Waals surface area (Å²) < 4.78 is 10.8. The number of hydrogen-bond donors (Lipinski definition) is 1. The van der Waals surface area contributed by atoms with Gasteiger partial charge in [0.25, 0.3) is 0 Å². The molecule has 0 aliphatic heterocycles. The highest BCUT2D eigenvalue weighted by Gasteiger charge is 2.26. The largest absolute Gasteiger partial charge is 0.425 e. The summed E-state index contributed by atoms with van der Waals surface area (Å²) in [7, 11) is 1.41.